The van der Waals surface area contributed by atoms with Gasteiger partial charge in [-0.1, -0.05) is 11.2 Å². The summed E-state index contributed by atoms with van der Waals surface area (Å²) in [5, 5.41) is 8.62. The Morgan fingerprint density at radius 2 is 2.16 bits per heavy atom. The van der Waals surface area contributed by atoms with Crippen molar-refractivity contribution in [1.29, 1.82) is 0 Å². The molecule has 4 rings (SSSR count). The van der Waals surface area contributed by atoms with E-state index < -0.39 is 15.9 Å². The van der Waals surface area contributed by atoms with Gasteiger partial charge < -0.3 is 9.84 Å². The van der Waals surface area contributed by atoms with Crippen LogP contribution in [0.3, 0.4) is 0 Å². The average molecular weight is 473 g/mol. The SMILES string of the molecule is Cc1ccnc(NC(=O)[C@@H]2CCCN(S(=O)(=O)c3c(C)noc3/C=C/c3cccs3)C2)c1. The summed E-state index contributed by atoms with van der Waals surface area (Å²) in [6.45, 7) is 3.96. The van der Waals surface area contributed by atoms with E-state index in [4.69, 9.17) is 4.52 Å². The van der Waals surface area contributed by atoms with E-state index in [-0.39, 0.29) is 23.1 Å². The number of nitrogens with zero attached hydrogens (tertiary/aromatic N) is 3. The van der Waals surface area contributed by atoms with E-state index in [2.05, 4.69) is 15.5 Å². The van der Waals surface area contributed by atoms with E-state index in [0.717, 1.165) is 10.4 Å². The van der Waals surface area contributed by atoms with Gasteiger partial charge in [0.15, 0.2) is 10.7 Å². The molecule has 32 heavy (non-hydrogen) atoms. The topological polar surface area (TPSA) is 105 Å². The molecule has 1 aliphatic rings. The molecule has 0 aromatic carbocycles. The molecule has 10 heteroatoms. The maximum atomic E-state index is 13.5. The Kier molecular flexibility index (Phi) is 6.54. The number of carbonyl (C=O) groups excluding carboxylic acids is 1. The number of pyridine rings is 1. The second-order valence-electron chi connectivity index (χ2n) is 7.72. The molecule has 168 valence electrons. The minimum Gasteiger partial charge on any atom is -0.355 e. The van der Waals surface area contributed by atoms with Crippen molar-refractivity contribution >= 4 is 45.2 Å². The number of rotatable bonds is 6. The van der Waals surface area contributed by atoms with Crippen LogP contribution in [0.15, 0.2) is 45.3 Å². The molecule has 1 fully saturated rings. The van der Waals surface area contributed by atoms with E-state index in [9.17, 15) is 13.2 Å². The maximum absolute atomic E-state index is 13.5. The number of thiophene rings is 1. The fourth-order valence-corrected chi connectivity index (χ4v) is 6.07. The molecule has 8 nitrogen and oxygen atoms in total. The number of sulfonamides is 1. The van der Waals surface area contributed by atoms with Crippen LogP contribution in [0.1, 0.15) is 34.7 Å². The lowest BCUT2D eigenvalue weighted by Crippen LogP contribution is -2.44. The first-order valence-corrected chi connectivity index (χ1v) is 12.6. The lowest BCUT2D eigenvalue weighted by molar-refractivity contribution is -0.120. The fourth-order valence-electron chi connectivity index (χ4n) is 3.68. The molecular formula is C22H24N4O4S2. The molecule has 4 heterocycles. The van der Waals surface area contributed by atoms with E-state index in [0.29, 0.717) is 30.9 Å². The van der Waals surface area contributed by atoms with E-state index in [1.807, 2.05) is 30.5 Å². The quantitative estimate of drug-likeness (QED) is 0.582. The number of nitrogens with one attached hydrogen (secondary N) is 1. The van der Waals surface area contributed by atoms with Crippen LogP contribution >= 0.6 is 11.3 Å². The predicted octanol–water partition coefficient (Wildman–Crippen LogP) is 3.96. The lowest BCUT2D eigenvalue weighted by Gasteiger charge is -2.31. The minimum atomic E-state index is -3.88. The zero-order chi connectivity index (χ0) is 22.7. The van der Waals surface area contributed by atoms with Gasteiger partial charge >= 0.3 is 0 Å². The number of aryl methyl sites for hydroxylation is 2. The van der Waals surface area contributed by atoms with Gasteiger partial charge in [-0.05, 0) is 68.0 Å². The first kappa shape index (κ1) is 22.4. The van der Waals surface area contributed by atoms with Crippen LogP contribution in [0, 0.1) is 19.8 Å². The Labute approximate surface area is 191 Å². The molecule has 3 aromatic rings. The van der Waals surface area contributed by atoms with E-state index >= 15 is 0 Å². The van der Waals surface area contributed by atoms with E-state index in [1.165, 1.54) is 15.6 Å². The van der Waals surface area contributed by atoms with Crippen LogP contribution in [0.4, 0.5) is 5.82 Å². The highest BCUT2D eigenvalue weighted by Crippen LogP contribution is 2.30. The number of carbonyl (C=O) groups is 1. The highest BCUT2D eigenvalue weighted by Gasteiger charge is 2.37. The minimum absolute atomic E-state index is 0.0479. The summed E-state index contributed by atoms with van der Waals surface area (Å²) in [5.41, 5.74) is 1.28. The second-order valence-corrected chi connectivity index (χ2v) is 10.6. The van der Waals surface area contributed by atoms with Gasteiger partial charge in [0.1, 0.15) is 11.5 Å². The number of aromatic nitrogens is 2. The molecule has 1 N–H and O–H groups in total. The van der Waals surface area contributed by atoms with Gasteiger partial charge in [-0.3, -0.25) is 4.79 Å². The summed E-state index contributed by atoms with van der Waals surface area (Å²) in [7, 11) is -3.88. The Morgan fingerprint density at radius 3 is 2.91 bits per heavy atom. The van der Waals surface area contributed by atoms with Crippen molar-refractivity contribution < 1.29 is 17.7 Å². The second kappa shape index (κ2) is 9.35. The average Bonchev–Trinajstić information content (AvgIpc) is 3.42. The van der Waals surface area contributed by atoms with Gasteiger partial charge in [0.2, 0.25) is 15.9 Å². The molecular weight excluding hydrogens is 448 g/mol. The predicted molar refractivity (Wildman–Crippen MR) is 124 cm³/mol. The number of piperidine rings is 1. The van der Waals surface area contributed by atoms with Gasteiger partial charge in [-0.15, -0.1) is 11.3 Å². The van der Waals surface area contributed by atoms with Gasteiger partial charge in [0, 0.05) is 24.2 Å². The summed E-state index contributed by atoms with van der Waals surface area (Å²) < 4.78 is 33.6. The van der Waals surface area contributed by atoms with Crippen LogP contribution in [-0.2, 0) is 14.8 Å². The van der Waals surface area contributed by atoms with Crippen LogP contribution in [0.2, 0.25) is 0 Å². The molecule has 1 aliphatic heterocycles. The molecule has 0 bridgehead atoms. The maximum Gasteiger partial charge on any atom is 0.248 e. The van der Waals surface area contributed by atoms with Crippen molar-refractivity contribution in [3.63, 3.8) is 0 Å². The third-order valence-electron chi connectivity index (χ3n) is 5.29. The Morgan fingerprint density at radius 1 is 1.31 bits per heavy atom. The fraction of sp³-hybridized carbons (Fsp3) is 0.318. The molecule has 3 aromatic heterocycles. The van der Waals surface area contributed by atoms with Crippen molar-refractivity contribution in [1.82, 2.24) is 14.4 Å². The zero-order valence-corrected chi connectivity index (χ0v) is 19.4. The first-order chi connectivity index (χ1) is 15.3. The molecule has 0 aliphatic carbocycles. The normalized spacial score (nSPS) is 17.6. The summed E-state index contributed by atoms with van der Waals surface area (Å²) in [6.07, 6.45) is 6.24. The van der Waals surface area contributed by atoms with Crippen molar-refractivity contribution in [2.75, 3.05) is 18.4 Å². The highest BCUT2D eigenvalue weighted by atomic mass is 32.2. The van der Waals surface area contributed by atoms with Crippen LogP contribution in [-0.4, -0.2) is 41.9 Å². The number of amides is 1. The summed E-state index contributed by atoms with van der Waals surface area (Å²) in [5.74, 6) is -0.0498. The Balaban J connectivity index is 1.53. The number of hydrogen-bond acceptors (Lipinski definition) is 7. The Bertz CT molecular complexity index is 1230. The van der Waals surface area contributed by atoms with E-state index in [1.54, 1.807) is 31.3 Å². The highest BCUT2D eigenvalue weighted by molar-refractivity contribution is 7.89. The third kappa shape index (κ3) is 4.82. The van der Waals surface area contributed by atoms with Crippen molar-refractivity contribution in [2.24, 2.45) is 5.92 Å². The molecule has 0 radical (unpaired) electrons. The zero-order valence-electron chi connectivity index (χ0n) is 17.8. The summed E-state index contributed by atoms with van der Waals surface area (Å²) in [4.78, 5) is 18.0. The molecule has 1 atom stereocenters. The largest absolute Gasteiger partial charge is 0.355 e. The summed E-state index contributed by atoms with van der Waals surface area (Å²) in [6, 6.07) is 7.46. The molecule has 0 unspecified atom stereocenters. The van der Waals surface area contributed by atoms with Gasteiger partial charge in [-0.25, -0.2) is 13.4 Å². The van der Waals surface area contributed by atoms with Crippen LogP contribution < -0.4 is 5.32 Å². The van der Waals surface area contributed by atoms with Crippen molar-refractivity contribution in [2.45, 2.75) is 31.6 Å². The molecule has 0 spiro atoms. The van der Waals surface area contributed by atoms with Crippen molar-refractivity contribution in [3.05, 3.63) is 57.7 Å². The van der Waals surface area contributed by atoms with Gasteiger partial charge in [0.25, 0.3) is 0 Å². The third-order valence-corrected chi connectivity index (χ3v) is 8.16. The van der Waals surface area contributed by atoms with Crippen LogP contribution in [0.5, 0.6) is 0 Å². The molecule has 1 saturated heterocycles. The number of hydrogen-bond donors (Lipinski definition) is 1. The summed E-state index contributed by atoms with van der Waals surface area (Å²) >= 11 is 1.54. The standard InChI is InChI=1S/C22H24N4O4S2/c1-15-9-10-23-20(13-15)24-22(27)17-5-3-11-26(14-17)32(28,29)21-16(2)25-30-19(21)8-7-18-6-4-12-31-18/h4,6-10,12-13,17H,3,5,11,14H2,1-2H3,(H,23,24,27)/b8-7+/t17-/m1/s1. The monoisotopic (exact) mass is 472 g/mol. The lowest BCUT2D eigenvalue weighted by atomic mass is 9.99. The first-order valence-electron chi connectivity index (χ1n) is 10.3. The number of anilines is 1. The van der Waals surface area contributed by atoms with Gasteiger partial charge in [0.05, 0.1) is 5.92 Å². The Hall–Kier alpha value is -2.82. The van der Waals surface area contributed by atoms with Gasteiger partial charge in [-0.2, -0.15) is 4.31 Å². The van der Waals surface area contributed by atoms with Crippen molar-refractivity contribution in [3.8, 4) is 0 Å². The molecule has 0 saturated carbocycles. The smallest absolute Gasteiger partial charge is 0.248 e. The molecule has 1 amide bonds. The van der Waals surface area contributed by atoms with Crippen LogP contribution in [0.25, 0.3) is 12.2 Å².